The Morgan fingerprint density at radius 1 is 1.08 bits per heavy atom. The van der Waals surface area contributed by atoms with Crippen molar-refractivity contribution < 1.29 is 31.1 Å². The van der Waals surface area contributed by atoms with Gasteiger partial charge in [-0.05, 0) is 42.5 Å². The average Bonchev–Trinajstić information content (AvgIpc) is 2.45. The summed E-state index contributed by atoms with van der Waals surface area (Å²) in [5, 5.41) is 2.47. The Labute approximate surface area is 136 Å². The summed E-state index contributed by atoms with van der Waals surface area (Å²) in [6.45, 7) is 0. The summed E-state index contributed by atoms with van der Waals surface area (Å²) in [5.74, 6) is -1.04. The molecule has 0 aliphatic rings. The van der Waals surface area contributed by atoms with Crippen LogP contribution < -0.4 is 10.1 Å². The van der Waals surface area contributed by atoms with Crippen molar-refractivity contribution >= 4 is 21.4 Å². The third-order valence-corrected chi connectivity index (χ3v) is 3.98. The largest absolute Gasteiger partial charge is 0.573 e. The van der Waals surface area contributed by atoms with Gasteiger partial charge in [-0.15, -0.1) is 13.2 Å². The summed E-state index contributed by atoms with van der Waals surface area (Å²) in [5.41, 5.74) is 0.341. The van der Waals surface area contributed by atoms with Crippen LogP contribution in [0.4, 0.5) is 18.9 Å². The Kier molecular flexibility index (Phi) is 4.83. The van der Waals surface area contributed by atoms with E-state index in [4.69, 9.17) is 0 Å². The molecule has 0 spiro atoms. The molecule has 128 valence electrons. The lowest BCUT2D eigenvalue weighted by Crippen LogP contribution is -2.17. The second kappa shape index (κ2) is 6.52. The highest BCUT2D eigenvalue weighted by atomic mass is 32.2. The van der Waals surface area contributed by atoms with Gasteiger partial charge in [0.05, 0.1) is 4.90 Å². The Morgan fingerprint density at radius 2 is 1.71 bits per heavy atom. The molecule has 0 fully saturated rings. The van der Waals surface area contributed by atoms with Crippen molar-refractivity contribution in [3.8, 4) is 5.75 Å². The van der Waals surface area contributed by atoms with E-state index in [9.17, 15) is 26.4 Å². The van der Waals surface area contributed by atoms with Gasteiger partial charge in [-0.3, -0.25) is 4.79 Å². The first-order chi connectivity index (χ1) is 11.0. The van der Waals surface area contributed by atoms with Crippen LogP contribution in [0, 0.1) is 0 Å². The first-order valence-corrected chi connectivity index (χ1v) is 8.41. The first-order valence-electron chi connectivity index (χ1n) is 6.52. The highest BCUT2D eigenvalue weighted by molar-refractivity contribution is 7.90. The van der Waals surface area contributed by atoms with Crippen LogP contribution in [0.5, 0.6) is 5.75 Å². The number of ether oxygens (including phenoxy) is 1. The summed E-state index contributed by atoms with van der Waals surface area (Å²) in [6, 6.07) is 9.97. The lowest BCUT2D eigenvalue weighted by Gasteiger charge is -2.10. The average molecular weight is 359 g/mol. The number of halogens is 3. The van der Waals surface area contributed by atoms with E-state index in [1.807, 2.05) is 0 Å². The molecule has 0 aliphatic heterocycles. The molecule has 9 heteroatoms. The number of rotatable bonds is 4. The Hall–Kier alpha value is -2.55. The van der Waals surface area contributed by atoms with Crippen molar-refractivity contribution in [1.29, 1.82) is 0 Å². The second-order valence-corrected chi connectivity index (χ2v) is 6.84. The Bertz CT molecular complexity index is 846. The molecule has 24 heavy (non-hydrogen) atoms. The maximum Gasteiger partial charge on any atom is 0.573 e. The molecule has 0 bridgehead atoms. The SMILES string of the molecule is CS(=O)(=O)c1cccc(NC(=O)c2ccc(OC(F)(F)F)cc2)c1. The van der Waals surface area contributed by atoms with Crippen molar-refractivity contribution in [2.45, 2.75) is 11.3 Å². The number of benzene rings is 2. The minimum atomic E-state index is -4.81. The fourth-order valence-electron chi connectivity index (χ4n) is 1.82. The molecular weight excluding hydrogens is 347 g/mol. The molecular formula is C15H12F3NO4S. The van der Waals surface area contributed by atoms with E-state index in [1.54, 1.807) is 0 Å². The van der Waals surface area contributed by atoms with Crippen molar-refractivity contribution in [3.05, 3.63) is 54.1 Å². The Morgan fingerprint density at radius 3 is 2.25 bits per heavy atom. The minimum Gasteiger partial charge on any atom is -0.406 e. The molecule has 0 radical (unpaired) electrons. The zero-order chi connectivity index (χ0) is 18.0. The van der Waals surface area contributed by atoms with Gasteiger partial charge < -0.3 is 10.1 Å². The summed E-state index contributed by atoms with van der Waals surface area (Å²) < 4.78 is 62.9. The second-order valence-electron chi connectivity index (χ2n) is 4.83. The van der Waals surface area contributed by atoms with Crippen LogP contribution in [-0.4, -0.2) is 26.9 Å². The molecule has 0 heterocycles. The number of sulfone groups is 1. The van der Waals surface area contributed by atoms with E-state index in [2.05, 4.69) is 10.1 Å². The molecule has 0 atom stereocenters. The smallest absolute Gasteiger partial charge is 0.406 e. The molecule has 0 aliphatic carbocycles. The summed E-state index contributed by atoms with van der Waals surface area (Å²) in [7, 11) is -3.42. The highest BCUT2D eigenvalue weighted by Crippen LogP contribution is 2.23. The van der Waals surface area contributed by atoms with Crippen molar-refractivity contribution in [2.75, 3.05) is 11.6 Å². The third-order valence-electron chi connectivity index (χ3n) is 2.87. The van der Waals surface area contributed by atoms with E-state index < -0.39 is 27.9 Å². The molecule has 5 nitrogen and oxygen atoms in total. The predicted molar refractivity (Wildman–Crippen MR) is 80.6 cm³/mol. The zero-order valence-corrected chi connectivity index (χ0v) is 13.1. The number of hydrogen-bond acceptors (Lipinski definition) is 4. The monoisotopic (exact) mass is 359 g/mol. The minimum absolute atomic E-state index is 0.0363. The molecule has 0 saturated carbocycles. The lowest BCUT2D eigenvalue weighted by atomic mass is 10.2. The third kappa shape index (κ3) is 4.98. The van der Waals surface area contributed by atoms with Crippen LogP contribution in [0.25, 0.3) is 0 Å². The van der Waals surface area contributed by atoms with Crippen LogP contribution in [0.15, 0.2) is 53.4 Å². The molecule has 2 rings (SSSR count). The number of amides is 1. The van der Waals surface area contributed by atoms with E-state index in [1.165, 1.54) is 24.3 Å². The summed E-state index contributed by atoms with van der Waals surface area (Å²) in [4.78, 5) is 12.1. The number of hydrogen-bond donors (Lipinski definition) is 1. The van der Waals surface area contributed by atoms with Gasteiger partial charge >= 0.3 is 6.36 Å². The van der Waals surface area contributed by atoms with E-state index in [0.717, 1.165) is 30.5 Å². The van der Waals surface area contributed by atoms with Gasteiger partial charge in [-0.2, -0.15) is 0 Å². The van der Waals surface area contributed by atoms with Gasteiger partial charge in [-0.1, -0.05) is 6.07 Å². The molecule has 1 N–H and O–H groups in total. The van der Waals surface area contributed by atoms with Gasteiger partial charge in [0.25, 0.3) is 5.91 Å². The van der Waals surface area contributed by atoms with E-state index in [0.29, 0.717) is 0 Å². The van der Waals surface area contributed by atoms with Crippen molar-refractivity contribution in [3.63, 3.8) is 0 Å². The number of alkyl halides is 3. The predicted octanol–water partition coefficient (Wildman–Crippen LogP) is 3.24. The lowest BCUT2D eigenvalue weighted by molar-refractivity contribution is -0.274. The van der Waals surface area contributed by atoms with Crippen LogP contribution in [0.2, 0.25) is 0 Å². The van der Waals surface area contributed by atoms with Crippen LogP contribution >= 0.6 is 0 Å². The van der Waals surface area contributed by atoms with E-state index in [-0.39, 0.29) is 16.1 Å². The molecule has 0 saturated heterocycles. The van der Waals surface area contributed by atoms with Crippen molar-refractivity contribution in [2.24, 2.45) is 0 Å². The fraction of sp³-hybridized carbons (Fsp3) is 0.133. The topological polar surface area (TPSA) is 72.5 Å². The van der Waals surface area contributed by atoms with Crippen molar-refractivity contribution in [1.82, 2.24) is 0 Å². The van der Waals surface area contributed by atoms with Gasteiger partial charge in [0.15, 0.2) is 9.84 Å². The highest BCUT2D eigenvalue weighted by Gasteiger charge is 2.31. The van der Waals surface area contributed by atoms with Crippen LogP contribution in [0.1, 0.15) is 10.4 Å². The molecule has 0 aromatic heterocycles. The molecule has 2 aromatic carbocycles. The van der Waals surface area contributed by atoms with E-state index >= 15 is 0 Å². The maximum atomic E-state index is 12.1. The number of anilines is 1. The summed E-state index contributed by atoms with van der Waals surface area (Å²) in [6.07, 6.45) is -3.77. The number of carbonyl (C=O) groups is 1. The molecule has 1 amide bonds. The van der Waals surface area contributed by atoms with Gasteiger partial charge in [-0.25, -0.2) is 8.42 Å². The molecule has 2 aromatic rings. The number of carbonyl (C=O) groups excluding carboxylic acids is 1. The van der Waals surface area contributed by atoms with Gasteiger partial charge in [0, 0.05) is 17.5 Å². The zero-order valence-electron chi connectivity index (χ0n) is 12.3. The first kappa shape index (κ1) is 17.8. The van der Waals surface area contributed by atoms with Gasteiger partial charge in [0.1, 0.15) is 5.75 Å². The number of nitrogens with one attached hydrogen (secondary N) is 1. The quantitative estimate of drug-likeness (QED) is 0.910. The summed E-state index contributed by atoms with van der Waals surface area (Å²) >= 11 is 0. The maximum absolute atomic E-state index is 12.1. The Balaban J connectivity index is 2.13. The van der Waals surface area contributed by atoms with Crippen LogP contribution in [-0.2, 0) is 9.84 Å². The van der Waals surface area contributed by atoms with Gasteiger partial charge in [0.2, 0.25) is 0 Å². The normalized spacial score (nSPS) is 11.8. The standard InChI is InChI=1S/C15H12F3NO4S/c1-24(21,22)13-4-2-3-11(9-13)19-14(20)10-5-7-12(8-6-10)23-15(16,17)18/h2-9H,1H3,(H,19,20). The fourth-order valence-corrected chi connectivity index (χ4v) is 2.48. The molecule has 0 unspecified atom stereocenters. The van der Waals surface area contributed by atoms with Crippen LogP contribution in [0.3, 0.4) is 0 Å².